The van der Waals surface area contributed by atoms with Crippen LogP contribution in [0, 0.1) is 5.92 Å². The smallest absolute Gasteiger partial charge is 0.330 e. The summed E-state index contributed by atoms with van der Waals surface area (Å²) in [6.45, 7) is 0. The Balaban J connectivity index is 1.63. The largest absolute Gasteiger partial charge is 0.479 e. The van der Waals surface area contributed by atoms with E-state index in [-0.39, 0.29) is 11.9 Å². The molecule has 6 nitrogen and oxygen atoms in total. The molecule has 2 aliphatic rings. The van der Waals surface area contributed by atoms with Crippen molar-refractivity contribution in [3.05, 3.63) is 35.9 Å². The van der Waals surface area contributed by atoms with Gasteiger partial charge >= 0.3 is 5.97 Å². The first-order valence-corrected chi connectivity index (χ1v) is 7.24. The molecule has 1 aromatic carbocycles. The van der Waals surface area contributed by atoms with E-state index < -0.39 is 12.0 Å². The minimum Gasteiger partial charge on any atom is -0.479 e. The standard InChI is InChI=1S/C15H19N3O3/c19-14(12-8-11(17-18-12)9-6-7-9)16-13(15(20)21)10-4-2-1-3-5-10/h1-5,9,11-13,17-18H,6-8H2,(H,16,19)(H,20,21)/t11?,12?,13-/m1/s1. The lowest BCUT2D eigenvalue weighted by molar-refractivity contribution is -0.142. The van der Waals surface area contributed by atoms with Gasteiger partial charge in [-0.2, -0.15) is 0 Å². The molecule has 1 aliphatic heterocycles. The maximum absolute atomic E-state index is 12.2. The second kappa shape index (κ2) is 5.83. The molecular formula is C15H19N3O3. The van der Waals surface area contributed by atoms with Crippen LogP contribution in [0.2, 0.25) is 0 Å². The summed E-state index contributed by atoms with van der Waals surface area (Å²) in [5.74, 6) is -0.680. The van der Waals surface area contributed by atoms with Crippen LogP contribution < -0.4 is 16.2 Å². The molecule has 3 atom stereocenters. The molecule has 1 amide bonds. The quantitative estimate of drug-likeness (QED) is 0.636. The lowest BCUT2D eigenvalue weighted by Gasteiger charge is -2.17. The first kappa shape index (κ1) is 14.0. The molecule has 0 bridgehead atoms. The van der Waals surface area contributed by atoms with Gasteiger partial charge in [-0.15, -0.1) is 0 Å². The van der Waals surface area contributed by atoms with Gasteiger partial charge in [-0.3, -0.25) is 10.2 Å². The van der Waals surface area contributed by atoms with Crippen LogP contribution in [-0.2, 0) is 9.59 Å². The normalized spacial score (nSPS) is 26.3. The van der Waals surface area contributed by atoms with E-state index in [1.54, 1.807) is 24.3 Å². The molecule has 1 heterocycles. The Kier molecular flexibility index (Phi) is 3.90. The van der Waals surface area contributed by atoms with E-state index in [2.05, 4.69) is 16.2 Å². The summed E-state index contributed by atoms with van der Waals surface area (Å²) in [5.41, 5.74) is 6.67. The van der Waals surface area contributed by atoms with Crippen LogP contribution in [0.4, 0.5) is 0 Å². The van der Waals surface area contributed by atoms with Gasteiger partial charge in [0.15, 0.2) is 6.04 Å². The van der Waals surface area contributed by atoms with Gasteiger partial charge in [-0.25, -0.2) is 10.2 Å². The predicted molar refractivity (Wildman–Crippen MR) is 76.1 cm³/mol. The van der Waals surface area contributed by atoms with Crippen LogP contribution in [0.3, 0.4) is 0 Å². The molecule has 4 N–H and O–H groups in total. The fourth-order valence-electron chi connectivity index (χ4n) is 2.74. The van der Waals surface area contributed by atoms with Gasteiger partial charge in [0.1, 0.15) is 6.04 Å². The van der Waals surface area contributed by atoms with E-state index in [9.17, 15) is 14.7 Å². The second-order valence-electron chi connectivity index (χ2n) is 5.71. The Labute approximate surface area is 122 Å². The van der Waals surface area contributed by atoms with Gasteiger partial charge in [0.2, 0.25) is 5.91 Å². The van der Waals surface area contributed by atoms with Crippen molar-refractivity contribution in [3.8, 4) is 0 Å². The summed E-state index contributed by atoms with van der Waals surface area (Å²) in [6, 6.07) is 7.67. The van der Waals surface area contributed by atoms with Crippen LogP contribution in [-0.4, -0.2) is 29.1 Å². The Morgan fingerprint density at radius 3 is 2.52 bits per heavy atom. The van der Waals surface area contributed by atoms with E-state index in [4.69, 9.17) is 0 Å². The van der Waals surface area contributed by atoms with E-state index in [1.165, 1.54) is 12.8 Å². The second-order valence-corrected chi connectivity index (χ2v) is 5.71. The molecule has 1 saturated carbocycles. The third-order valence-electron chi connectivity index (χ3n) is 4.11. The van der Waals surface area contributed by atoms with Gasteiger partial charge in [0.05, 0.1) is 0 Å². The maximum Gasteiger partial charge on any atom is 0.330 e. The average Bonchev–Trinajstić information content (AvgIpc) is 3.22. The van der Waals surface area contributed by atoms with E-state index in [0.29, 0.717) is 23.9 Å². The zero-order valence-electron chi connectivity index (χ0n) is 11.6. The molecule has 6 heteroatoms. The van der Waals surface area contributed by atoms with Crippen LogP contribution in [0.1, 0.15) is 30.9 Å². The highest BCUT2D eigenvalue weighted by Crippen LogP contribution is 2.35. The van der Waals surface area contributed by atoms with Crippen LogP contribution >= 0.6 is 0 Å². The number of rotatable bonds is 5. The first-order chi connectivity index (χ1) is 10.1. The third-order valence-corrected chi connectivity index (χ3v) is 4.11. The number of carboxylic acids is 1. The number of nitrogens with one attached hydrogen (secondary N) is 3. The van der Waals surface area contributed by atoms with Gasteiger partial charge in [0.25, 0.3) is 0 Å². The van der Waals surface area contributed by atoms with Crippen molar-refractivity contribution in [1.29, 1.82) is 0 Å². The zero-order valence-corrected chi connectivity index (χ0v) is 11.6. The molecule has 0 radical (unpaired) electrons. The molecule has 1 aromatic rings. The van der Waals surface area contributed by atoms with Crippen molar-refractivity contribution >= 4 is 11.9 Å². The summed E-state index contributed by atoms with van der Waals surface area (Å²) in [7, 11) is 0. The van der Waals surface area contributed by atoms with Gasteiger partial charge in [-0.1, -0.05) is 30.3 Å². The summed E-state index contributed by atoms with van der Waals surface area (Å²) >= 11 is 0. The van der Waals surface area contributed by atoms with Gasteiger partial charge in [-0.05, 0) is 30.7 Å². The third kappa shape index (κ3) is 3.22. The van der Waals surface area contributed by atoms with Crippen molar-refractivity contribution in [2.24, 2.45) is 5.92 Å². The number of hydrazine groups is 1. The minimum atomic E-state index is -1.06. The molecule has 2 fully saturated rings. The number of amides is 1. The van der Waals surface area contributed by atoms with Crippen LogP contribution in [0.15, 0.2) is 30.3 Å². The molecule has 1 saturated heterocycles. The summed E-state index contributed by atoms with van der Waals surface area (Å²) in [4.78, 5) is 23.6. The molecule has 0 aromatic heterocycles. The molecule has 0 spiro atoms. The lowest BCUT2D eigenvalue weighted by Crippen LogP contribution is -2.46. The Bertz CT molecular complexity index is 530. The minimum absolute atomic E-state index is 0.276. The molecule has 1 aliphatic carbocycles. The molecule has 21 heavy (non-hydrogen) atoms. The van der Waals surface area contributed by atoms with Crippen molar-refractivity contribution in [1.82, 2.24) is 16.2 Å². The number of benzene rings is 1. The highest BCUT2D eigenvalue weighted by atomic mass is 16.4. The fourth-order valence-corrected chi connectivity index (χ4v) is 2.74. The van der Waals surface area contributed by atoms with E-state index in [1.807, 2.05) is 6.07 Å². The topological polar surface area (TPSA) is 90.5 Å². The summed E-state index contributed by atoms with van der Waals surface area (Å²) in [6.07, 6.45) is 3.11. The van der Waals surface area contributed by atoms with Gasteiger partial charge < -0.3 is 10.4 Å². The fraction of sp³-hybridized carbons (Fsp3) is 0.467. The number of hydrogen-bond donors (Lipinski definition) is 4. The SMILES string of the molecule is O=C(N[C@@H](C(=O)O)c1ccccc1)C1CC(C2CC2)NN1. The van der Waals surface area contributed by atoms with E-state index in [0.717, 1.165) is 0 Å². The van der Waals surface area contributed by atoms with Crippen molar-refractivity contribution in [2.75, 3.05) is 0 Å². The Morgan fingerprint density at radius 2 is 1.90 bits per heavy atom. The number of carboxylic acid groups (broad SMARTS) is 1. The summed E-state index contributed by atoms with van der Waals surface area (Å²) in [5, 5.41) is 11.9. The van der Waals surface area contributed by atoms with Crippen molar-refractivity contribution in [2.45, 2.75) is 37.4 Å². The molecule has 2 unspecified atom stereocenters. The summed E-state index contributed by atoms with van der Waals surface area (Å²) < 4.78 is 0. The monoisotopic (exact) mass is 289 g/mol. The highest BCUT2D eigenvalue weighted by Gasteiger charge is 2.39. The van der Waals surface area contributed by atoms with Gasteiger partial charge in [0, 0.05) is 6.04 Å². The Morgan fingerprint density at radius 1 is 1.19 bits per heavy atom. The van der Waals surface area contributed by atoms with Crippen molar-refractivity contribution in [3.63, 3.8) is 0 Å². The highest BCUT2D eigenvalue weighted by molar-refractivity contribution is 5.87. The average molecular weight is 289 g/mol. The number of hydrogen-bond acceptors (Lipinski definition) is 4. The molecule has 3 rings (SSSR count). The van der Waals surface area contributed by atoms with Crippen LogP contribution in [0.25, 0.3) is 0 Å². The van der Waals surface area contributed by atoms with E-state index >= 15 is 0 Å². The predicted octanol–water partition coefficient (Wildman–Crippen LogP) is 0.574. The molecule has 112 valence electrons. The lowest BCUT2D eigenvalue weighted by atomic mass is 10.0. The number of carbonyl (C=O) groups excluding carboxylic acids is 1. The zero-order chi connectivity index (χ0) is 14.8. The van der Waals surface area contributed by atoms with Crippen LogP contribution in [0.5, 0.6) is 0 Å². The number of aliphatic carboxylic acids is 1. The van der Waals surface area contributed by atoms with Crippen molar-refractivity contribution < 1.29 is 14.7 Å². The molecular weight excluding hydrogens is 270 g/mol. The Hall–Kier alpha value is -1.92. The maximum atomic E-state index is 12.2. The number of carbonyl (C=O) groups is 2. The first-order valence-electron chi connectivity index (χ1n) is 7.24.